The summed E-state index contributed by atoms with van der Waals surface area (Å²) in [5, 5.41) is 0.661. The number of ether oxygens (including phenoxy) is 3. The lowest BCUT2D eigenvalue weighted by atomic mass is 9.62. The fourth-order valence-corrected chi connectivity index (χ4v) is 5.96. The van der Waals surface area contributed by atoms with Crippen LogP contribution < -0.4 is 4.72 Å². The van der Waals surface area contributed by atoms with Gasteiger partial charge in [0.25, 0.3) is 0 Å². The highest BCUT2D eigenvalue weighted by atomic mass is 35.5. The molecule has 0 amide bonds. The number of rotatable bonds is 12. The van der Waals surface area contributed by atoms with E-state index in [1.165, 1.54) is 7.11 Å². The first-order chi connectivity index (χ1) is 16.6. The van der Waals surface area contributed by atoms with E-state index in [-0.39, 0.29) is 24.1 Å². The average molecular weight is 544 g/mol. The first kappa shape index (κ1) is 31.2. The van der Waals surface area contributed by atoms with Gasteiger partial charge >= 0.3 is 5.97 Å². The Morgan fingerprint density at radius 1 is 1.14 bits per heavy atom. The molecular weight excluding hydrogens is 498 g/mol. The first-order valence-electron chi connectivity index (χ1n) is 12.8. The van der Waals surface area contributed by atoms with E-state index in [0.717, 1.165) is 36.8 Å². The van der Waals surface area contributed by atoms with Gasteiger partial charge in [0.15, 0.2) is 0 Å². The van der Waals surface area contributed by atoms with Crippen molar-refractivity contribution in [1.29, 1.82) is 0 Å². The number of benzene rings is 1. The van der Waals surface area contributed by atoms with Gasteiger partial charge in [0.2, 0.25) is 0 Å². The molecule has 1 aliphatic rings. The minimum absolute atomic E-state index is 0.0578. The molecular formula is C28H46ClNO5S. The lowest BCUT2D eigenvalue weighted by Gasteiger charge is -2.47. The van der Waals surface area contributed by atoms with Gasteiger partial charge < -0.3 is 14.2 Å². The summed E-state index contributed by atoms with van der Waals surface area (Å²) in [4.78, 5) is 13.3. The quantitative estimate of drug-likeness (QED) is 0.198. The largest absolute Gasteiger partial charge is 0.469 e. The zero-order valence-electron chi connectivity index (χ0n) is 23.5. The van der Waals surface area contributed by atoms with Crippen LogP contribution in [0.5, 0.6) is 0 Å². The lowest BCUT2D eigenvalue weighted by Crippen LogP contribution is -2.57. The third-order valence-corrected chi connectivity index (χ3v) is 9.11. The average Bonchev–Trinajstić information content (AvgIpc) is 2.74. The molecule has 36 heavy (non-hydrogen) atoms. The highest BCUT2D eigenvalue weighted by molar-refractivity contribution is 7.84. The molecule has 1 N–H and O–H groups in total. The van der Waals surface area contributed by atoms with Gasteiger partial charge in [-0.3, -0.25) is 4.79 Å². The summed E-state index contributed by atoms with van der Waals surface area (Å²) >= 11 is 6.78. The Balaban J connectivity index is 2.43. The molecule has 1 aromatic rings. The molecule has 0 bridgehead atoms. The van der Waals surface area contributed by atoms with Crippen LogP contribution in [0.1, 0.15) is 78.9 Å². The van der Waals surface area contributed by atoms with Crippen molar-refractivity contribution in [3.63, 3.8) is 0 Å². The van der Waals surface area contributed by atoms with Crippen molar-refractivity contribution in [2.45, 2.75) is 84.4 Å². The van der Waals surface area contributed by atoms with Crippen LogP contribution in [0.3, 0.4) is 0 Å². The zero-order valence-corrected chi connectivity index (χ0v) is 25.1. The maximum Gasteiger partial charge on any atom is 0.311 e. The molecule has 0 spiro atoms. The maximum absolute atomic E-state index is 13.4. The van der Waals surface area contributed by atoms with Crippen LogP contribution in [0.25, 0.3) is 0 Å². The second-order valence-electron chi connectivity index (χ2n) is 12.4. The summed E-state index contributed by atoms with van der Waals surface area (Å²) in [5.41, 5.74) is 1.16. The van der Waals surface area contributed by atoms with Crippen LogP contribution >= 0.6 is 11.6 Å². The van der Waals surface area contributed by atoms with Crippen molar-refractivity contribution in [2.24, 2.45) is 23.2 Å². The Bertz CT molecular complexity index is 904. The fraction of sp³-hybridized carbons (Fsp3) is 0.750. The summed E-state index contributed by atoms with van der Waals surface area (Å²) in [6, 6.07) is 5.99. The Morgan fingerprint density at radius 2 is 1.78 bits per heavy atom. The standard InChI is InChI=1S/C28H46ClNO5S/c1-26(2,3)13-12-20-10-11-22(16-23(20)29)28(7,30-36(32)27(4,5)6)24(25(31)34-9)21-14-19(15-21)17-35-18-33-8/h10-11,16,19,21,24,30H,12-15,17-18H2,1-9H3/t19?,21?,24?,28-,36+/m0/s1. The summed E-state index contributed by atoms with van der Waals surface area (Å²) in [6.07, 6.45) is 3.52. The number of aryl methyl sites for hydroxylation is 1. The van der Waals surface area contributed by atoms with Crippen molar-refractivity contribution in [3.8, 4) is 0 Å². The van der Waals surface area contributed by atoms with Crippen LogP contribution in [0, 0.1) is 23.2 Å². The molecule has 1 aromatic carbocycles. The summed E-state index contributed by atoms with van der Waals surface area (Å²) in [7, 11) is 1.59. The molecule has 1 fully saturated rings. The molecule has 1 saturated carbocycles. The van der Waals surface area contributed by atoms with Gasteiger partial charge in [-0.25, -0.2) is 8.93 Å². The van der Waals surface area contributed by atoms with Crippen LogP contribution in [-0.4, -0.2) is 42.5 Å². The first-order valence-corrected chi connectivity index (χ1v) is 14.3. The fourth-order valence-electron chi connectivity index (χ4n) is 4.75. The molecule has 0 heterocycles. The van der Waals surface area contributed by atoms with E-state index in [9.17, 15) is 9.00 Å². The van der Waals surface area contributed by atoms with Gasteiger partial charge in [-0.2, -0.15) is 0 Å². The number of nitrogens with one attached hydrogen (secondary N) is 1. The molecule has 1 aliphatic carbocycles. The Hall–Kier alpha value is -0.990. The summed E-state index contributed by atoms with van der Waals surface area (Å²) in [6.45, 7) is 15.2. The molecule has 206 valence electrons. The van der Waals surface area contributed by atoms with Gasteiger partial charge in [0.1, 0.15) is 6.79 Å². The smallest absolute Gasteiger partial charge is 0.311 e. The number of hydrogen-bond donors (Lipinski definition) is 1. The van der Waals surface area contributed by atoms with Crippen molar-refractivity contribution >= 4 is 28.6 Å². The SMILES string of the molecule is COCOCC1CC(C(C(=O)OC)[C@@](C)(N[S@](=O)C(C)(C)C)c2ccc(CCC(C)(C)C)c(Cl)c2)C1. The normalized spacial score (nSPS) is 21.8. The minimum Gasteiger partial charge on any atom is -0.469 e. The zero-order chi connectivity index (χ0) is 27.3. The molecule has 0 aromatic heterocycles. The van der Waals surface area contributed by atoms with E-state index in [4.69, 9.17) is 25.8 Å². The van der Waals surface area contributed by atoms with E-state index < -0.39 is 27.2 Å². The minimum atomic E-state index is -1.42. The molecule has 3 atom stereocenters. The Labute approximate surface area is 225 Å². The predicted molar refractivity (Wildman–Crippen MR) is 147 cm³/mol. The third kappa shape index (κ3) is 8.26. The van der Waals surface area contributed by atoms with Crippen LogP contribution in [0.4, 0.5) is 0 Å². The van der Waals surface area contributed by atoms with E-state index in [0.29, 0.717) is 17.5 Å². The van der Waals surface area contributed by atoms with Crippen molar-refractivity contribution in [3.05, 3.63) is 34.3 Å². The number of hydrogen-bond acceptors (Lipinski definition) is 5. The summed E-state index contributed by atoms with van der Waals surface area (Å²) in [5.74, 6) is -0.450. The Morgan fingerprint density at radius 3 is 2.28 bits per heavy atom. The predicted octanol–water partition coefficient (Wildman–Crippen LogP) is 6.02. The molecule has 8 heteroatoms. The molecule has 6 nitrogen and oxygen atoms in total. The molecule has 0 radical (unpaired) electrons. The van der Waals surface area contributed by atoms with Crippen molar-refractivity contribution in [1.82, 2.24) is 4.72 Å². The van der Waals surface area contributed by atoms with Gasteiger partial charge in [0.05, 0.1) is 40.9 Å². The monoisotopic (exact) mass is 543 g/mol. The van der Waals surface area contributed by atoms with Crippen molar-refractivity contribution < 1.29 is 23.2 Å². The number of carbonyl (C=O) groups is 1. The van der Waals surface area contributed by atoms with Crippen LogP contribution in [-0.2, 0) is 42.0 Å². The van der Waals surface area contributed by atoms with Gasteiger partial charge in [-0.05, 0) is 87.8 Å². The number of halogens is 1. The molecule has 0 saturated heterocycles. The molecule has 2 rings (SSSR count). The van der Waals surface area contributed by atoms with E-state index >= 15 is 0 Å². The van der Waals surface area contributed by atoms with Gasteiger partial charge in [0, 0.05) is 12.1 Å². The molecule has 0 aliphatic heterocycles. The maximum atomic E-state index is 13.4. The second kappa shape index (κ2) is 12.7. The molecule has 1 unspecified atom stereocenters. The number of methoxy groups -OCH3 is 2. The topological polar surface area (TPSA) is 73.9 Å². The summed E-state index contributed by atoms with van der Waals surface area (Å²) < 4.78 is 32.0. The second-order valence-corrected chi connectivity index (χ2v) is 14.8. The van der Waals surface area contributed by atoms with Gasteiger partial charge in [-0.15, -0.1) is 0 Å². The highest BCUT2D eigenvalue weighted by Gasteiger charge is 2.51. The van der Waals surface area contributed by atoms with Gasteiger partial charge in [-0.1, -0.05) is 44.5 Å². The van der Waals surface area contributed by atoms with Crippen LogP contribution in [0.15, 0.2) is 18.2 Å². The van der Waals surface area contributed by atoms with Crippen molar-refractivity contribution in [2.75, 3.05) is 27.6 Å². The van der Waals surface area contributed by atoms with E-state index in [1.54, 1.807) is 7.11 Å². The highest BCUT2D eigenvalue weighted by Crippen LogP contribution is 2.48. The number of carbonyl (C=O) groups excluding carboxylic acids is 1. The lowest BCUT2D eigenvalue weighted by molar-refractivity contribution is -0.155. The Kier molecular flexibility index (Phi) is 11.0. The van der Waals surface area contributed by atoms with Crippen LogP contribution in [0.2, 0.25) is 5.02 Å². The number of esters is 1. The van der Waals surface area contributed by atoms with E-state index in [2.05, 4.69) is 25.5 Å². The van der Waals surface area contributed by atoms with E-state index in [1.807, 2.05) is 45.9 Å². The third-order valence-electron chi connectivity index (χ3n) is 7.03.